The van der Waals surface area contributed by atoms with Crippen LogP contribution in [0.3, 0.4) is 0 Å². The molecule has 2 heterocycles. The van der Waals surface area contributed by atoms with Crippen LogP contribution in [-0.4, -0.2) is 41.6 Å². The molecule has 1 fully saturated rings. The molecule has 3 aromatic carbocycles. The summed E-state index contributed by atoms with van der Waals surface area (Å²) in [5.41, 5.74) is 3.06. The summed E-state index contributed by atoms with van der Waals surface area (Å²) in [6.45, 7) is 8.56. The molecule has 244 valence electrons. The number of aromatic nitrogens is 2. The molecule has 4 aromatic rings. The van der Waals surface area contributed by atoms with Crippen molar-refractivity contribution in [2.75, 3.05) is 23.7 Å². The number of nitrogens with zero attached hydrogens (tertiary/aromatic N) is 3. The van der Waals surface area contributed by atoms with Crippen molar-refractivity contribution in [3.63, 3.8) is 0 Å². The summed E-state index contributed by atoms with van der Waals surface area (Å²) in [5.74, 6) is 0.648. The molecule has 46 heavy (non-hydrogen) atoms. The van der Waals surface area contributed by atoms with Crippen LogP contribution in [0, 0.1) is 12.8 Å². The van der Waals surface area contributed by atoms with E-state index >= 15 is 0 Å². The molecule has 0 aliphatic carbocycles. The maximum absolute atomic E-state index is 13.3. The molecule has 1 aromatic heterocycles. The van der Waals surface area contributed by atoms with Crippen LogP contribution in [-0.2, 0) is 28.0 Å². The van der Waals surface area contributed by atoms with E-state index in [2.05, 4.69) is 31.4 Å². The van der Waals surface area contributed by atoms with Crippen LogP contribution in [0.25, 0.3) is 5.69 Å². The summed E-state index contributed by atoms with van der Waals surface area (Å²) >= 11 is 0. The number of hydrogen-bond acceptors (Lipinski definition) is 4. The summed E-state index contributed by atoms with van der Waals surface area (Å²) < 4.78 is 68.8. The average molecular weight is 654 g/mol. The van der Waals surface area contributed by atoms with Crippen molar-refractivity contribution < 1.29 is 26.4 Å². The monoisotopic (exact) mass is 653 g/mol. The summed E-state index contributed by atoms with van der Waals surface area (Å²) in [4.78, 5) is 12.9. The third-order valence-electron chi connectivity index (χ3n) is 8.14. The molecule has 1 saturated heterocycles. The lowest BCUT2D eigenvalue weighted by Crippen LogP contribution is -2.39. The van der Waals surface area contributed by atoms with Crippen LogP contribution in [0.15, 0.2) is 83.8 Å². The van der Waals surface area contributed by atoms with Crippen molar-refractivity contribution in [2.24, 2.45) is 5.92 Å². The Morgan fingerprint density at radius 3 is 2.24 bits per heavy atom. The van der Waals surface area contributed by atoms with Gasteiger partial charge in [-0.1, -0.05) is 62.7 Å². The summed E-state index contributed by atoms with van der Waals surface area (Å²) in [6.07, 6.45) is -2.97. The molecule has 8 nitrogen and oxygen atoms in total. The van der Waals surface area contributed by atoms with E-state index in [1.54, 1.807) is 4.68 Å². The zero-order valence-electron chi connectivity index (χ0n) is 26.2. The second-order valence-corrected chi connectivity index (χ2v) is 14.7. The van der Waals surface area contributed by atoms with Gasteiger partial charge in [0.2, 0.25) is 10.0 Å². The predicted molar refractivity (Wildman–Crippen MR) is 173 cm³/mol. The number of urea groups is 1. The van der Waals surface area contributed by atoms with E-state index in [9.17, 15) is 26.4 Å². The molecule has 2 amide bonds. The fraction of sp³-hybridized carbons (Fsp3) is 0.353. The highest BCUT2D eigenvalue weighted by molar-refractivity contribution is 7.89. The van der Waals surface area contributed by atoms with E-state index in [4.69, 9.17) is 5.10 Å². The number of halogens is 3. The first-order valence-electron chi connectivity index (χ1n) is 15.1. The molecule has 1 aliphatic rings. The first-order valence-corrected chi connectivity index (χ1v) is 16.6. The Hall–Kier alpha value is -4.16. The van der Waals surface area contributed by atoms with Crippen LogP contribution >= 0.6 is 0 Å². The van der Waals surface area contributed by atoms with Crippen molar-refractivity contribution in [1.29, 1.82) is 0 Å². The average Bonchev–Trinajstić information content (AvgIpc) is 3.43. The number of aryl methyl sites for hydroxylation is 1. The number of piperidine rings is 1. The van der Waals surface area contributed by atoms with Crippen LogP contribution in [0.5, 0.6) is 0 Å². The SMILES string of the molecule is Cc1ccc(-n2nc(C(C)(C)C)cc2NC(=O)Nc2ccccc2CC2CCN(S(=O)(=O)c3cccc(C(F)(F)F)c3)CC2)cc1. The van der Waals surface area contributed by atoms with E-state index < -0.39 is 27.8 Å². The molecule has 0 radical (unpaired) electrons. The van der Waals surface area contributed by atoms with Crippen LogP contribution < -0.4 is 10.6 Å². The fourth-order valence-electron chi connectivity index (χ4n) is 5.46. The number of sulfonamides is 1. The van der Waals surface area contributed by atoms with E-state index in [0.29, 0.717) is 36.8 Å². The highest BCUT2D eigenvalue weighted by Gasteiger charge is 2.34. The Morgan fingerprint density at radius 1 is 0.913 bits per heavy atom. The molecule has 0 unspecified atom stereocenters. The van der Waals surface area contributed by atoms with Gasteiger partial charge in [0.15, 0.2) is 0 Å². The molecule has 0 saturated carbocycles. The topological polar surface area (TPSA) is 96.3 Å². The van der Waals surface area contributed by atoms with E-state index in [-0.39, 0.29) is 29.3 Å². The van der Waals surface area contributed by atoms with Crippen molar-refractivity contribution in [3.8, 4) is 5.69 Å². The van der Waals surface area contributed by atoms with E-state index in [1.165, 1.54) is 10.4 Å². The lowest BCUT2D eigenvalue weighted by Gasteiger charge is -2.31. The van der Waals surface area contributed by atoms with E-state index in [0.717, 1.165) is 34.6 Å². The molecule has 2 N–H and O–H groups in total. The standard InChI is InChI=1S/C34H38F3N5O3S/c1-23-12-14-27(15-13-23)42-31(22-30(40-42)33(2,3)4)39-32(43)38-29-11-6-5-8-25(29)20-24-16-18-41(19-17-24)46(44,45)28-10-7-9-26(21-28)34(35,36)37/h5-15,21-22,24H,16-20H2,1-4H3,(H2,38,39,43). The molecule has 0 atom stereocenters. The predicted octanol–water partition coefficient (Wildman–Crippen LogP) is 7.78. The Balaban J connectivity index is 1.25. The number of nitrogens with one attached hydrogen (secondary N) is 2. The molecule has 0 bridgehead atoms. The van der Waals surface area contributed by atoms with Gasteiger partial charge >= 0.3 is 12.2 Å². The van der Waals surface area contributed by atoms with Gasteiger partial charge in [0, 0.05) is 30.3 Å². The number of rotatable bonds is 7. The van der Waals surface area contributed by atoms with Crippen molar-refractivity contribution in [2.45, 2.75) is 63.4 Å². The number of carbonyl (C=O) groups is 1. The Kier molecular flexibility index (Phi) is 9.33. The number of hydrogen-bond donors (Lipinski definition) is 2. The lowest BCUT2D eigenvalue weighted by atomic mass is 9.90. The van der Waals surface area contributed by atoms with Gasteiger partial charge in [-0.2, -0.15) is 22.6 Å². The minimum absolute atomic E-state index is 0.122. The molecule has 5 rings (SSSR count). The number of carbonyl (C=O) groups excluding carboxylic acids is 1. The van der Waals surface area contributed by atoms with Crippen molar-refractivity contribution in [3.05, 3.63) is 101 Å². The van der Waals surface area contributed by atoms with Gasteiger partial charge in [0.05, 0.1) is 21.8 Å². The Morgan fingerprint density at radius 2 is 1.59 bits per heavy atom. The number of para-hydroxylation sites is 1. The number of amides is 2. The van der Waals surface area contributed by atoms with Gasteiger partial charge in [-0.3, -0.25) is 5.32 Å². The lowest BCUT2D eigenvalue weighted by molar-refractivity contribution is -0.137. The number of alkyl halides is 3. The second kappa shape index (κ2) is 12.9. The van der Waals surface area contributed by atoms with E-state index in [1.807, 2.05) is 61.5 Å². The highest BCUT2D eigenvalue weighted by Crippen LogP contribution is 2.33. The first-order chi connectivity index (χ1) is 21.6. The molecule has 0 spiro atoms. The van der Waals surface area contributed by atoms with Gasteiger partial charge in [-0.05, 0) is 74.1 Å². The minimum Gasteiger partial charge on any atom is -0.307 e. The molecular formula is C34H38F3N5O3S. The first kappa shape index (κ1) is 33.2. The van der Waals surface area contributed by atoms with Crippen LogP contribution in [0.4, 0.5) is 29.5 Å². The zero-order valence-corrected chi connectivity index (χ0v) is 27.0. The Bertz CT molecular complexity index is 1800. The Labute approximate surface area is 267 Å². The molecule has 1 aliphatic heterocycles. The van der Waals surface area contributed by atoms with Crippen molar-refractivity contribution in [1.82, 2.24) is 14.1 Å². The number of benzene rings is 3. The van der Waals surface area contributed by atoms with Crippen LogP contribution in [0.1, 0.15) is 56.0 Å². The third kappa shape index (κ3) is 7.61. The zero-order chi connectivity index (χ0) is 33.3. The fourth-order valence-corrected chi connectivity index (χ4v) is 6.97. The van der Waals surface area contributed by atoms with Gasteiger partial charge in [0.25, 0.3) is 0 Å². The van der Waals surface area contributed by atoms with Gasteiger partial charge in [-0.15, -0.1) is 0 Å². The second-order valence-electron chi connectivity index (χ2n) is 12.7. The largest absolute Gasteiger partial charge is 0.416 e. The molecule has 12 heteroatoms. The normalized spacial score (nSPS) is 15.1. The highest BCUT2D eigenvalue weighted by atomic mass is 32.2. The maximum Gasteiger partial charge on any atom is 0.416 e. The number of anilines is 2. The summed E-state index contributed by atoms with van der Waals surface area (Å²) in [7, 11) is -4.07. The summed E-state index contributed by atoms with van der Waals surface area (Å²) in [6, 6.07) is 20.6. The van der Waals surface area contributed by atoms with Gasteiger partial charge in [-0.25, -0.2) is 17.9 Å². The maximum atomic E-state index is 13.3. The minimum atomic E-state index is -4.63. The molecular weight excluding hydrogens is 615 g/mol. The third-order valence-corrected chi connectivity index (χ3v) is 10.0. The van der Waals surface area contributed by atoms with Gasteiger partial charge in [0.1, 0.15) is 5.82 Å². The smallest absolute Gasteiger partial charge is 0.307 e. The quantitative estimate of drug-likeness (QED) is 0.213. The van der Waals surface area contributed by atoms with Crippen molar-refractivity contribution >= 4 is 27.6 Å². The van der Waals surface area contributed by atoms with Crippen LogP contribution in [0.2, 0.25) is 0 Å². The summed E-state index contributed by atoms with van der Waals surface area (Å²) in [5, 5.41) is 10.7. The van der Waals surface area contributed by atoms with Gasteiger partial charge < -0.3 is 5.32 Å².